The molecule has 5 nitrogen and oxygen atoms in total. The number of aromatic nitrogens is 2. The van der Waals surface area contributed by atoms with Crippen molar-refractivity contribution in [3.8, 4) is 0 Å². The summed E-state index contributed by atoms with van der Waals surface area (Å²) >= 11 is 0. The average Bonchev–Trinajstić information content (AvgIpc) is 3.23. The summed E-state index contributed by atoms with van der Waals surface area (Å²) in [6.45, 7) is 8.47. The molecule has 0 amide bonds. The van der Waals surface area contributed by atoms with Gasteiger partial charge >= 0.3 is 0 Å². The van der Waals surface area contributed by atoms with E-state index in [1.54, 1.807) is 6.07 Å². The highest BCUT2D eigenvalue weighted by molar-refractivity contribution is 5.33. The van der Waals surface area contributed by atoms with Crippen LogP contribution in [-0.4, -0.2) is 41.0 Å². The first-order valence-electron chi connectivity index (χ1n) is 7.30. The van der Waals surface area contributed by atoms with Crippen molar-refractivity contribution in [3.63, 3.8) is 0 Å². The van der Waals surface area contributed by atoms with Crippen molar-refractivity contribution >= 4 is 5.82 Å². The van der Waals surface area contributed by atoms with Gasteiger partial charge < -0.3 is 15.2 Å². The molecule has 2 N–H and O–H groups in total. The molecule has 106 valence electrons. The van der Waals surface area contributed by atoms with Crippen LogP contribution < -0.4 is 10.9 Å². The number of rotatable bonds is 8. The number of hydrogen-bond acceptors (Lipinski definition) is 4. The van der Waals surface area contributed by atoms with Crippen LogP contribution in [0.15, 0.2) is 10.9 Å². The smallest absolute Gasteiger partial charge is 0.252 e. The summed E-state index contributed by atoms with van der Waals surface area (Å²) in [6, 6.07) is 1.54. The first-order valence-corrected chi connectivity index (χ1v) is 7.30. The predicted molar refractivity (Wildman–Crippen MR) is 77.7 cm³/mol. The molecule has 5 heteroatoms. The third-order valence-electron chi connectivity index (χ3n) is 3.58. The molecule has 0 bridgehead atoms. The second-order valence-corrected chi connectivity index (χ2v) is 5.10. The van der Waals surface area contributed by atoms with Gasteiger partial charge in [-0.3, -0.25) is 4.79 Å². The molecule has 1 fully saturated rings. The van der Waals surface area contributed by atoms with Crippen molar-refractivity contribution in [3.05, 3.63) is 22.2 Å². The fourth-order valence-corrected chi connectivity index (χ4v) is 2.18. The minimum Gasteiger partial charge on any atom is -0.370 e. The molecule has 0 radical (unpaired) electrons. The summed E-state index contributed by atoms with van der Waals surface area (Å²) in [5, 5.41) is 3.25. The van der Waals surface area contributed by atoms with Crippen LogP contribution in [0.1, 0.15) is 44.9 Å². The highest BCUT2D eigenvalue weighted by Crippen LogP contribution is 2.37. The van der Waals surface area contributed by atoms with E-state index in [-0.39, 0.29) is 5.56 Å². The van der Waals surface area contributed by atoms with E-state index in [0.29, 0.717) is 11.7 Å². The van der Waals surface area contributed by atoms with Crippen LogP contribution in [0.3, 0.4) is 0 Å². The zero-order chi connectivity index (χ0) is 13.7. The summed E-state index contributed by atoms with van der Waals surface area (Å²) in [5.41, 5.74) is -0.0526. The first-order chi connectivity index (χ1) is 9.22. The second kappa shape index (κ2) is 6.70. The molecule has 0 spiro atoms. The Morgan fingerprint density at radius 3 is 2.79 bits per heavy atom. The highest BCUT2D eigenvalue weighted by atomic mass is 16.1. The van der Waals surface area contributed by atoms with Crippen LogP contribution in [-0.2, 0) is 0 Å². The normalized spacial score (nSPS) is 14.9. The van der Waals surface area contributed by atoms with E-state index in [1.807, 2.05) is 0 Å². The Labute approximate surface area is 114 Å². The lowest BCUT2D eigenvalue weighted by Gasteiger charge is -2.17. The monoisotopic (exact) mass is 264 g/mol. The maximum absolute atomic E-state index is 11.5. The SMILES string of the molecule is CCN(CC)CCCNc1cc(=O)[nH]c(C2CC2)n1. The van der Waals surface area contributed by atoms with Crippen LogP contribution in [0.5, 0.6) is 0 Å². The molecule has 0 aromatic carbocycles. The van der Waals surface area contributed by atoms with Gasteiger partial charge in [-0.15, -0.1) is 0 Å². The topological polar surface area (TPSA) is 61.0 Å². The van der Waals surface area contributed by atoms with Crippen molar-refractivity contribution in [1.29, 1.82) is 0 Å². The Bertz CT molecular complexity index is 449. The Balaban J connectivity index is 1.80. The Hall–Kier alpha value is -1.36. The van der Waals surface area contributed by atoms with Crippen LogP contribution in [0, 0.1) is 0 Å². The van der Waals surface area contributed by atoms with E-state index >= 15 is 0 Å². The van der Waals surface area contributed by atoms with Crippen LogP contribution in [0.2, 0.25) is 0 Å². The number of nitrogens with one attached hydrogen (secondary N) is 2. The lowest BCUT2D eigenvalue weighted by atomic mass is 10.3. The second-order valence-electron chi connectivity index (χ2n) is 5.10. The van der Waals surface area contributed by atoms with E-state index in [4.69, 9.17) is 0 Å². The van der Waals surface area contributed by atoms with Gasteiger partial charge in [0.1, 0.15) is 11.6 Å². The predicted octanol–water partition coefficient (Wildman–Crippen LogP) is 1.79. The fourth-order valence-electron chi connectivity index (χ4n) is 2.18. The minimum absolute atomic E-state index is 0.0526. The number of hydrogen-bond donors (Lipinski definition) is 2. The van der Waals surface area contributed by atoms with Gasteiger partial charge in [0.05, 0.1) is 0 Å². The van der Waals surface area contributed by atoms with Gasteiger partial charge in [0.2, 0.25) is 0 Å². The molecular weight excluding hydrogens is 240 g/mol. The van der Waals surface area contributed by atoms with Crippen molar-refractivity contribution < 1.29 is 0 Å². The molecule has 1 aromatic heterocycles. The Morgan fingerprint density at radius 1 is 1.42 bits per heavy atom. The number of aromatic amines is 1. The molecule has 1 heterocycles. The average molecular weight is 264 g/mol. The van der Waals surface area contributed by atoms with Gasteiger partial charge in [-0.2, -0.15) is 0 Å². The Morgan fingerprint density at radius 2 is 2.16 bits per heavy atom. The molecule has 19 heavy (non-hydrogen) atoms. The third-order valence-corrected chi connectivity index (χ3v) is 3.58. The summed E-state index contributed by atoms with van der Waals surface area (Å²) in [5.74, 6) is 2.04. The molecule has 1 aromatic rings. The van der Waals surface area contributed by atoms with Gasteiger partial charge in [-0.05, 0) is 38.9 Å². The standard InChI is InChI=1S/C14H24N4O/c1-3-18(4-2)9-5-8-15-12-10-13(19)17-14(16-12)11-6-7-11/h10-11H,3-9H2,1-2H3,(H2,15,16,17,19). The molecule has 1 aliphatic carbocycles. The molecule has 1 saturated carbocycles. The van der Waals surface area contributed by atoms with Crippen molar-refractivity contribution in [1.82, 2.24) is 14.9 Å². The lowest BCUT2D eigenvalue weighted by Crippen LogP contribution is -2.25. The van der Waals surface area contributed by atoms with Crippen LogP contribution in [0.25, 0.3) is 0 Å². The molecule has 0 saturated heterocycles. The lowest BCUT2D eigenvalue weighted by molar-refractivity contribution is 0.303. The highest BCUT2D eigenvalue weighted by Gasteiger charge is 2.26. The van der Waals surface area contributed by atoms with Gasteiger partial charge in [-0.25, -0.2) is 4.98 Å². The van der Waals surface area contributed by atoms with Crippen LogP contribution >= 0.6 is 0 Å². The quantitative estimate of drug-likeness (QED) is 0.703. The maximum Gasteiger partial charge on any atom is 0.252 e. The van der Waals surface area contributed by atoms with E-state index in [1.165, 1.54) is 0 Å². The first kappa shape index (κ1) is 14.1. The summed E-state index contributed by atoms with van der Waals surface area (Å²) in [6.07, 6.45) is 3.36. The number of anilines is 1. The largest absolute Gasteiger partial charge is 0.370 e. The van der Waals surface area contributed by atoms with Gasteiger partial charge in [0.15, 0.2) is 0 Å². The zero-order valence-electron chi connectivity index (χ0n) is 11.9. The van der Waals surface area contributed by atoms with Crippen LogP contribution in [0.4, 0.5) is 5.82 Å². The summed E-state index contributed by atoms with van der Waals surface area (Å²) in [7, 11) is 0. The maximum atomic E-state index is 11.5. The molecule has 0 unspecified atom stereocenters. The van der Waals surface area contributed by atoms with E-state index in [2.05, 4.69) is 34.0 Å². The molecular formula is C14H24N4O. The van der Waals surface area contributed by atoms with Gasteiger partial charge in [0.25, 0.3) is 5.56 Å². The molecule has 1 aliphatic rings. The van der Waals surface area contributed by atoms with Crippen molar-refractivity contribution in [2.75, 3.05) is 31.5 Å². The number of nitrogens with zero attached hydrogens (tertiary/aromatic N) is 2. The molecule has 0 aliphatic heterocycles. The molecule has 2 rings (SSSR count). The van der Waals surface area contributed by atoms with Gasteiger partial charge in [0, 0.05) is 18.5 Å². The van der Waals surface area contributed by atoms with Gasteiger partial charge in [-0.1, -0.05) is 13.8 Å². The molecule has 0 atom stereocenters. The fraction of sp³-hybridized carbons (Fsp3) is 0.714. The Kier molecular flexibility index (Phi) is 4.96. The van der Waals surface area contributed by atoms with E-state index in [9.17, 15) is 4.79 Å². The van der Waals surface area contributed by atoms with Crippen molar-refractivity contribution in [2.45, 2.75) is 39.0 Å². The minimum atomic E-state index is -0.0526. The summed E-state index contributed by atoms with van der Waals surface area (Å²) < 4.78 is 0. The summed E-state index contributed by atoms with van der Waals surface area (Å²) in [4.78, 5) is 21.2. The van der Waals surface area contributed by atoms with E-state index in [0.717, 1.165) is 51.3 Å². The number of H-pyrrole nitrogens is 1. The van der Waals surface area contributed by atoms with E-state index < -0.39 is 0 Å². The van der Waals surface area contributed by atoms with Crippen molar-refractivity contribution in [2.24, 2.45) is 0 Å². The third kappa shape index (κ3) is 4.35. The zero-order valence-corrected chi connectivity index (χ0v) is 11.9.